The van der Waals surface area contributed by atoms with E-state index < -0.39 is 0 Å². The van der Waals surface area contributed by atoms with Crippen LogP contribution in [-0.4, -0.2) is 43.3 Å². The lowest BCUT2D eigenvalue weighted by Gasteiger charge is -2.24. The molecule has 2 aliphatic rings. The van der Waals surface area contributed by atoms with Crippen LogP contribution in [0.3, 0.4) is 0 Å². The van der Waals surface area contributed by atoms with Crippen LogP contribution in [0, 0.1) is 13.8 Å². The highest BCUT2D eigenvalue weighted by molar-refractivity contribution is 5.77. The number of amides is 1. The van der Waals surface area contributed by atoms with Crippen LogP contribution < -0.4 is 0 Å². The van der Waals surface area contributed by atoms with E-state index in [-0.39, 0.29) is 5.91 Å². The predicted molar refractivity (Wildman–Crippen MR) is 100 cm³/mol. The molecule has 27 heavy (non-hydrogen) atoms. The van der Waals surface area contributed by atoms with Crippen molar-refractivity contribution in [2.45, 2.75) is 77.2 Å². The fourth-order valence-electron chi connectivity index (χ4n) is 4.18. The Morgan fingerprint density at radius 1 is 1.22 bits per heavy atom. The molecule has 2 fully saturated rings. The van der Waals surface area contributed by atoms with Gasteiger partial charge in [-0.3, -0.25) is 9.48 Å². The van der Waals surface area contributed by atoms with E-state index in [2.05, 4.69) is 27.1 Å². The molecule has 1 unspecified atom stereocenters. The zero-order valence-electron chi connectivity index (χ0n) is 16.6. The van der Waals surface area contributed by atoms with Crippen molar-refractivity contribution in [3.63, 3.8) is 0 Å². The first-order chi connectivity index (χ1) is 13.0. The molecule has 1 aliphatic heterocycles. The minimum absolute atomic E-state index is 0.256. The molecule has 3 heterocycles. The third kappa shape index (κ3) is 3.92. The molecule has 0 spiro atoms. The molecule has 0 aromatic carbocycles. The van der Waals surface area contributed by atoms with E-state index in [0.29, 0.717) is 18.4 Å². The molecule has 1 saturated heterocycles. The Bertz CT molecular complexity index is 820. The first kappa shape index (κ1) is 18.2. The fourth-order valence-corrected chi connectivity index (χ4v) is 4.18. The normalized spacial score (nSPS) is 19.8. The Morgan fingerprint density at radius 2 is 2.04 bits per heavy atom. The summed E-state index contributed by atoms with van der Waals surface area (Å²) < 4.78 is 7.24. The maximum Gasteiger partial charge on any atom is 0.229 e. The number of carbonyl (C=O) groups is 1. The van der Waals surface area contributed by atoms with Gasteiger partial charge < -0.3 is 9.42 Å². The molecule has 1 aliphatic carbocycles. The first-order valence-electron chi connectivity index (χ1n) is 10.1. The van der Waals surface area contributed by atoms with Gasteiger partial charge in [0.15, 0.2) is 5.82 Å². The average molecular weight is 371 g/mol. The highest BCUT2D eigenvalue weighted by atomic mass is 16.5. The maximum atomic E-state index is 12.8. The van der Waals surface area contributed by atoms with Crippen molar-refractivity contribution < 1.29 is 9.32 Å². The van der Waals surface area contributed by atoms with Gasteiger partial charge in [0.2, 0.25) is 11.8 Å². The Labute approximate surface area is 160 Å². The molecule has 146 valence electrons. The minimum atomic E-state index is 0.256. The largest absolute Gasteiger partial charge is 0.340 e. The lowest BCUT2D eigenvalue weighted by atomic mass is 10.1. The average Bonchev–Trinajstić information content (AvgIpc) is 3.11. The van der Waals surface area contributed by atoms with Crippen molar-refractivity contribution in [1.82, 2.24) is 24.8 Å². The van der Waals surface area contributed by atoms with Gasteiger partial charge in [0.05, 0.1) is 5.69 Å². The second-order valence-corrected chi connectivity index (χ2v) is 8.02. The van der Waals surface area contributed by atoms with Gasteiger partial charge in [-0.15, -0.1) is 0 Å². The third-order valence-corrected chi connectivity index (χ3v) is 6.06. The van der Waals surface area contributed by atoms with E-state index in [1.165, 1.54) is 18.4 Å². The summed E-state index contributed by atoms with van der Waals surface area (Å²) in [5.41, 5.74) is 3.40. The Morgan fingerprint density at radius 3 is 2.74 bits per heavy atom. The summed E-state index contributed by atoms with van der Waals surface area (Å²) in [6.07, 6.45) is 7.52. The molecule has 7 heteroatoms. The van der Waals surface area contributed by atoms with Crippen molar-refractivity contribution in [1.29, 1.82) is 0 Å². The van der Waals surface area contributed by atoms with Crippen LogP contribution in [0.2, 0.25) is 0 Å². The number of likely N-dealkylation sites (tertiary alicyclic amines) is 1. The van der Waals surface area contributed by atoms with Gasteiger partial charge in [-0.05, 0) is 57.9 Å². The lowest BCUT2D eigenvalue weighted by molar-refractivity contribution is -0.132. The molecule has 1 amide bonds. The Hall–Kier alpha value is -2.18. The SMILES string of the molecule is Cc1nn(C)c(C)c1CCC(=O)N1CCCC1CCc1noc(C2CC2)n1. The molecule has 1 atom stereocenters. The number of aromatic nitrogens is 4. The van der Waals surface area contributed by atoms with Crippen LogP contribution >= 0.6 is 0 Å². The molecule has 4 rings (SSSR count). The topological polar surface area (TPSA) is 77.0 Å². The second-order valence-electron chi connectivity index (χ2n) is 8.02. The summed E-state index contributed by atoms with van der Waals surface area (Å²) in [6.45, 7) is 4.96. The molecular weight excluding hydrogens is 342 g/mol. The number of carbonyl (C=O) groups excluding carboxylic acids is 1. The summed E-state index contributed by atoms with van der Waals surface area (Å²) >= 11 is 0. The first-order valence-corrected chi connectivity index (χ1v) is 10.1. The number of aryl methyl sites for hydroxylation is 3. The van der Waals surface area contributed by atoms with E-state index >= 15 is 0 Å². The number of hydrogen-bond acceptors (Lipinski definition) is 5. The summed E-state index contributed by atoms with van der Waals surface area (Å²) in [6, 6.07) is 0.302. The van der Waals surface area contributed by atoms with Crippen LogP contribution in [0.25, 0.3) is 0 Å². The standard InChI is InChI=1S/C20H29N5O2/c1-13-17(14(2)24(3)22-13)9-11-19(26)25-12-4-5-16(25)8-10-18-21-20(27-23-18)15-6-7-15/h15-16H,4-12H2,1-3H3. The molecule has 0 N–H and O–H groups in total. The van der Waals surface area contributed by atoms with Gasteiger partial charge in [0, 0.05) is 44.1 Å². The van der Waals surface area contributed by atoms with Crippen molar-refractivity contribution in [3.8, 4) is 0 Å². The molecule has 7 nitrogen and oxygen atoms in total. The van der Waals surface area contributed by atoms with Crippen LogP contribution in [0.4, 0.5) is 0 Å². The van der Waals surface area contributed by atoms with Crippen molar-refractivity contribution in [2.75, 3.05) is 6.54 Å². The summed E-state index contributed by atoms with van der Waals surface area (Å²) in [5, 5.41) is 8.56. The zero-order chi connectivity index (χ0) is 19.0. The molecule has 2 aromatic rings. The quantitative estimate of drug-likeness (QED) is 0.748. The predicted octanol–water partition coefficient (Wildman–Crippen LogP) is 2.85. The van der Waals surface area contributed by atoms with Gasteiger partial charge in [-0.1, -0.05) is 5.16 Å². The van der Waals surface area contributed by atoms with E-state index in [4.69, 9.17) is 4.52 Å². The molecule has 2 aromatic heterocycles. The minimum Gasteiger partial charge on any atom is -0.340 e. The van der Waals surface area contributed by atoms with Gasteiger partial charge in [0.1, 0.15) is 0 Å². The number of hydrogen-bond donors (Lipinski definition) is 0. The van der Waals surface area contributed by atoms with Crippen molar-refractivity contribution in [2.24, 2.45) is 7.05 Å². The smallest absolute Gasteiger partial charge is 0.229 e. The van der Waals surface area contributed by atoms with Gasteiger partial charge >= 0.3 is 0 Å². The van der Waals surface area contributed by atoms with E-state index in [1.807, 2.05) is 18.7 Å². The zero-order valence-corrected chi connectivity index (χ0v) is 16.6. The Kier molecular flexibility index (Phi) is 5.02. The fraction of sp³-hybridized carbons (Fsp3) is 0.700. The molecule has 0 radical (unpaired) electrons. The number of rotatable bonds is 7. The van der Waals surface area contributed by atoms with Crippen LogP contribution in [-0.2, 0) is 24.7 Å². The summed E-state index contributed by atoms with van der Waals surface area (Å²) in [4.78, 5) is 19.4. The summed E-state index contributed by atoms with van der Waals surface area (Å²) in [5.74, 6) is 2.34. The van der Waals surface area contributed by atoms with Gasteiger partial charge in [-0.25, -0.2) is 0 Å². The summed E-state index contributed by atoms with van der Waals surface area (Å²) in [7, 11) is 1.96. The lowest BCUT2D eigenvalue weighted by Crippen LogP contribution is -2.36. The van der Waals surface area contributed by atoms with Gasteiger partial charge in [-0.2, -0.15) is 10.1 Å². The van der Waals surface area contributed by atoms with E-state index in [0.717, 1.165) is 61.8 Å². The molecule has 1 saturated carbocycles. The molecule has 0 bridgehead atoms. The second kappa shape index (κ2) is 7.44. The monoisotopic (exact) mass is 371 g/mol. The van der Waals surface area contributed by atoms with E-state index in [1.54, 1.807) is 0 Å². The molecular formula is C20H29N5O2. The highest BCUT2D eigenvalue weighted by Crippen LogP contribution is 2.38. The highest BCUT2D eigenvalue weighted by Gasteiger charge is 2.31. The Balaban J connectivity index is 1.30. The van der Waals surface area contributed by atoms with Crippen LogP contribution in [0.5, 0.6) is 0 Å². The van der Waals surface area contributed by atoms with Crippen LogP contribution in [0.15, 0.2) is 4.52 Å². The maximum absolute atomic E-state index is 12.8. The van der Waals surface area contributed by atoms with Crippen LogP contribution in [0.1, 0.15) is 73.1 Å². The van der Waals surface area contributed by atoms with Crippen molar-refractivity contribution >= 4 is 5.91 Å². The van der Waals surface area contributed by atoms with Crippen molar-refractivity contribution in [3.05, 3.63) is 28.7 Å². The van der Waals surface area contributed by atoms with E-state index in [9.17, 15) is 4.79 Å². The van der Waals surface area contributed by atoms with Gasteiger partial charge in [0.25, 0.3) is 0 Å². The number of nitrogens with zero attached hydrogens (tertiary/aromatic N) is 5. The third-order valence-electron chi connectivity index (χ3n) is 6.06.